The molecule has 0 saturated carbocycles. The molecule has 2 aliphatic heterocycles. The van der Waals surface area contributed by atoms with Crippen molar-refractivity contribution >= 4 is 18.8 Å². The van der Waals surface area contributed by atoms with Gasteiger partial charge in [0.2, 0.25) is 6.41 Å². The lowest BCUT2D eigenvalue weighted by molar-refractivity contribution is -0.117. The number of likely N-dealkylation sites (tertiary alicyclic amines) is 2. The molecule has 1 unspecified atom stereocenters. The molecular weight excluding hydrogens is 200 g/mol. The summed E-state index contributed by atoms with van der Waals surface area (Å²) < 4.78 is 0. The van der Waals surface area contributed by atoms with E-state index in [1.807, 2.05) is 4.90 Å². The molecule has 2 aliphatic rings. The fourth-order valence-corrected chi connectivity index (χ4v) is 2.45. The molecule has 3 nitrogen and oxygen atoms in total. The number of nitrogens with zero attached hydrogens (tertiary/aromatic N) is 2. The van der Waals surface area contributed by atoms with Crippen molar-refractivity contribution in [2.45, 2.75) is 31.7 Å². The third-order valence-electron chi connectivity index (χ3n) is 3.25. The molecule has 0 spiro atoms. The summed E-state index contributed by atoms with van der Waals surface area (Å²) in [7, 11) is 0. The van der Waals surface area contributed by atoms with Gasteiger partial charge in [-0.2, -0.15) is 0 Å². The molecular formula is C10H19ClN2O. The van der Waals surface area contributed by atoms with E-state index < -0.39 is 0 Å². The maximum Gasteiger partial charge on any atom is 0.209 e. The number of amides is 1. The maximum absolute atomic E-state index is 10.5. The number of carbonyl (C=O) groups excluding carboxylic acids is 1. The van der Waals surface area contributed by atoms with E-state index in [4.69, 9.17) is 0 Å². The lowest BCUT2D eigenvalue weighted by Gasteiger charge is -2.31. The largest absolute Gasteiger partial charge is 0.344 e. The second-order valence-corrected chi connectivity index (χ2v) is 4.14. The molecule has 2 heterocycles. The molecule has 0 aromatic rings. The predicted molar refractivity (Wildman–Crippen MR) is 58.7 cm³/mol. The molecule has 82 valence electrons. The molecule has 14 heavy (non-hydrogen) atoms. The summed E-state index contributed by atoms with van der Waals surface area (Å²) in [6.45, 7) is 4.42. The summed E-state index contributed by atoms with van der Waals surface area (Å²) >= 11 is 0. The van der Waals surface area contributed by atoms with Crippen molar-refractivity contribution in [1.82, 2.24) is 9.80 Å². The molecule has 2 rings (SSSR count). The quantitative estimate of drug-likeness (QED) is 0.649. The van der Waals surface area contributed by atoms with Gasteiger partial charge in [0.25, 0.3) is 0 Å². The smallest absolute Gasteiger partial charge is 0.209 e. The average molecular weight is 219 g/mol. The molecule has 0 aromatic carbocycles. The monoisotopic (exact) mass is 218 g/mol. The van der Waals surface area contributed by atoms with Gasteiger partial charge in [-0.15, -0.1) is 12.4 Å². The second-order valence-electron chi connectivity index (χ2n) is 4.14. The summed E-state index contributed by atoms with van der Waals surface area (Å²) in [4.78, 5) is 15.0. The Bertz CT molecular complexity index is 183. The third kappa shape index (κ3) is 2.61. The SMILES string of the molecule is Cl.O=CN1CCC(N2CCCCC2)C1. The van der Waals surface area contributed by atoms with E-state index in [2.05, 4.69) is 4.90 Å². The Labute approximate surface area is 91.8 Å². The first-order chi connectivity index (χ1) is 6.40. The van der Waals surface area contributed by atoms with Crippen molar-refractivity contribution < 1.29 is 4.79 Å². The van der Waals surface area contributed by atoms with Crippen LogP contribution < -0.4 is 0 Å². The van der Waals surface area contributed by atoms with E-state index in [1.165, 1.54) is 38.8 Å². The van der Waals surface area contributed by atoms with Crippen LogP contribution in [0.4, 0.5) is 0 Å². The Hall–Kier alpha value is -0.280. The minimum absolute atomic E-state index is 0. The lowest BCUT2D eigenvalue weighted by atomic mass is 10.1. The minimum Gasteiger partial charge on any atom is -0.344 e. The molecule has 0 N–H and O–H groups in total. The summed E-state index contributed by atoms with van der Waals surface area (Å²) in [5.74, 6) is 0. The fraction of sp³-hybridized carbons (Fsp3) is 0.900. The first-order valence-corrected chi connectivity index (χ1v) is 5.33. The zero-order chi connectivity index (χ0) is 9.10. The van der Waals surface area contributed by atoms with Crippen molar-refractivity contribution in [3.63, 3.8) is 0 Å². The third-order valence-corrected chi connectivity index (χ3v) is 3.25. The predicted octanol–water partition coefficient (Wildman–Crippen LogP) is 1.12. The highest BCUT2D eigenvalue weighted by Gasteiger charge is 2.27. The van der Waals surface area contributed by atoms with Gasteiger partial charge in [-0.05, 0) is 32.4 Å². The molecule has 1 atom stereocenters. The highest BCUT2D eigenvalue weighted by Crippen LogP contribution is 2.18. The van der Waals surface area contributed by atoms with Crippen LogP contribution in [0.5, 0.6) is 0 Å². The van der Waals surface area contributed by atoms with Crippen molar-refractivity contribution in [2.75, 3.05) is 26.2 Å². The van der Waals surface area contributed by atoms with Gasteiger partial charge in [0.1, 0.15) is 0 Å². The van der Waals surface area contributed by atoms with Gasteiger partial charge < -0.3 is 4.90 Å². The summed E-state index contributed by atoms with van der Waals surface area (Å²) in [6.07, 6.45) is 6.25. The van der Waals surface area contributed by atoms with E-state index in [1.54, 1.807) is 0 Å². The van der Waals surface area contributed by atoms with Gasteiger partial charge in [0.15, 0.2) is 0 Å². The Morgan fingerprint density at radius 3 is 2.36 bits per heavy atom. The zero-order valence-electron chi connectivity index (χ0n) is 8.52. The average Bonchev–Trinajstić information content (AvgIpc) is 2.67. The maximum atomic E-state index is 10.5. The molecule has 0 aromatic heterocycles. The van der Waals surface area contributed by atoms with Crippen LogP contribution in [0.3, 0.4) is 0 Å². The molecule has 0 aliphatic carbocycles. The van der Waals surface area contributed by atoms with E-state index in [9.17, 15) is 4.79 Å². The fourth-order valence-electron chi connectivity index (χ4n) is 2.45. The Morgan fingerprint density at radius 2 is 1.79 bits per heavy atom. The lowest BCUT2D eigenvalue weighted by Crippen LogP contribution is -2.40. The number of hydrogen-bond donors (Lipinski definition) is 0. The molecule has 2 saturated heterocycles. The molecule has 4 heteroatoms. The van der Waals surface area contributed by atoms with Crippen LogP contribution in [-0.2, 0) is 4.79 Å². The number of halogens is 1. The van der Waals surface area contributed by atoms with E-state index in [0.717, 1.165) is 19.5 Å². The summed E-state index contributed by atoms with van der Waals surface area (Å²) in [6, 6.07) is 0.658. The zero-order valence-corrected chi connectivity index (χ0v) is 9.34. The first kappa shape index (κ1) is 11.8. The Kier molecular flexibility index (Phi) is 4.69. The number of rotatable bonds is 2. The number of hydrogen-bond acceptors (Lipinski definition) is 2. The Balaban J connectivity index is 0.000000980. The van der Waals surface area contributed by atoms with Gasteiger partial charge >= 0.3 is 0 Å². The van der Waals surface area contributed by atoms with Crippen LogP contribution in [0.15, 0.2) is 0 Å². The van der Waals surface area contributed by atoms with Gasteiger partial charge in [-0.1, -0.05) is 6.42 Å². The Morgan fingerprint density at radius 1 is 1.07 bits per heavy atom. The van der Waals surface area contributed by atoms with Gasteiger partial charge in [0.05, 0.1) is 0 Å². The summed E-state index contributed by atoms with van der Waals surface area (Å²) in [5.41, 5.74) is 0. The van der Waals surface area contributed by atoms with Crippen molar-refractivity contribution in [2.24, 2.45) is 0 Å². The topological polar surface area (TPSA) is 23.6 Å². The highest BCUT2D eigenvalue weighted by molar-refractivity contribution is 5.85. The van der Waals surface area contributed by atoms with Crippen molar-refractivity contribution in [3.8, 4) is 0 Å². The van der Waals surface area contributed by atoms with Crippen LogP contribution in [0.2, 0.25) is 0 Å². The molecule has 2 fully saturated rings. The van der Waals surface area contributed by atoms with Gasteiger partial charge in [-0.3, -0.25) is 9.69 Å². The van der Waals surface area contributed by atoms with Crippen LogP contribution in [0.1, 0.15) is 25.7 Å². The normalized spacial score (nSPS) is 28.6. The molecule has 0 radical (unpaired) electrons. The van der Waals surface area contributed by atoms with Crippen LogP contribution in [0, 0.1) is 0 Å². The number of piperidine rings is 1. The van der Waals surface area contributed by atoms with Gasteiger partial charge in [-0.25, -0.2) is 0 Å². The van der Waals surface area contributed by atoms with Crippen LogP contribution in [-0.4, -0.2) is 48.4 Å². The van der Waals surface area contributed by atoms with E-state index in [-0.39, 0.29) is 12.4 Å². The van der Waals surface area contributed by atoms with Crippen molar-refractivity contribution in [1.29, 1.82) is 0 Å². The standard InChI is InChI=1S/C10H18N2O.ClH/c13-9-11-7-4-10(8-11)12-5-2-1-3-6-12;/h9-10H,1-8H2;1H. The molecule has 0 bridgehead atoms. The van der Waals surface area contributed by atoms with E-state index >= 15 is 0 Å². The van der Waals surface area contributed by atoms with E-state index in [0.29, 0.717) is 6.04 Å². The van der Waals surface area contributed by atoms with Crippen LogP contribution >= 0.6 is 12.4 Å². The highest BCUT2D eigenvalue weighted by atomic mass is 35.5. The van der Waals surface area contributed by atoms with Crippen LogP contribution in [0.25, 0.3) is 0 Å². The second kappa shape index (κ2) is 5.56. The number of carbonyl (C=O) groups is 1. The van der Waals surface area contributed by atoms with Crippen molar-refractivity contribution in [3.05, 3.63) is 0 Å². The molecule has 1 amide bonds. The minimum atomic E-state index is 0. The summed E-state index contributed by atoms with van der Waals surface area (Å²) in [5, 5.41) is 0. The first-order valence-electron chi connectivity index (χ1n) is 5.33. The van der Waals surface area contributed by atoms with Gasteiger partial charge in [0, 0.05) is 19.1 Å².